The molecule has 1 saturated heterocycles. The summed E-state index contributed by atoms with van der Waals surface area (Å²) in [6, 6.07) is 8.00. The number of aryl methyl sites for hydroxylation is 1. The lowest BCUT2D eigenvalue weighted by Crippen LogP contribution is -2.45. The number of hydrogen-bond acceptors (Lipinski definition) is 2. The van der Waals surface area contributed by atoms with Crippen LogP contribution in [0.5, 0.6) is 0 Å². The molecule has 2 aromatic rings. The van der Waals surface area contributed by atoms with Gasteiger partial charge in [-0.1, -0.05) is 25.1 Å². The summed E-state index contributed by atoms with van der Waals surface area (Å²) in [4.78, 5) is 27.9. The van der Waals surface area contributed by atoms with E-state index in [0.717, 1.165) is 28.6 Å². The van der Waals surface area contributed by atoms with Crippen LogP contribution in [-0.2, 0) is 16.0 Å². The highest BCUT2D eigenvalue weighted by Gasteiger charge is 2.30. The zero-order valence-electron chi connectivity index (χ0n) is 13.1. The maximum Gasteiger partial charge on any atom is 0.245 e. The van der Waals surface area contributed by atoms with E-state index in [1.165, 1.54) is 0 Å². The van der Waals surface area contributed by atoms with Gasteiger partial charge in [0, 0.05) is 36.1 Å². The molecule has 1 fully saturated rings. The molecule has 0 aliphatic carbocycles. The molecule has 0 bridgehead atoms. The first kappa shape index (κ1) is 14.6. The molecular formula is C17H21N3O2. The van der Waals surface area contributed by atoms with E-state index < -0.39 is 0 Å². The maximum absolute atomic E-state index is 12.7. The van der Waals surface area contributed by atoms with Crippen LogP contribution in [0.15, 0.2) is 24.3 Å². The van der Waals surface area contributed by atoms with E-state index in [-0.39, 0.29) is 11.8 Å². The van der Waals surface area contributed by atoms with Gasteiger partial charge in [0.2, 0.25) is 11.8 Å². The zero-order valence-corrected chi connectivity index (χ0v) is 13.1. The summed E-state index contributed by atoms with van der Waals surface area (Å²) < 4.78 is 0. The molecule has 3 rings (SSSR count). The smallest absolute Gasteiger partial charge is 0.245 e. The summed E-state index contributed by atoms with van der Waals surface area (Å²) >= 11 is 0. The number of hydrogen-bond donors (Lipinski definition) is 1. The highest BCUT2D eigenvalue weighted by atomic mass is 16.2. The van der Waals surface area contributed by atoms with E-state index in [4.69, 9.17) is 0 Å². The Bertz CT molecular complexity index is 720. The number of carbonyl (C=O) groups excluding carboxylic acids is 2. The van der Waals surface area contributed by atoms with E-state index in [9.17, 15) is 9.59 Å². The lowest BCUT2D eigenvalue weighted by Gasteiger charge is -2.27. The maximum atomic E-state index is 12.7. The quantitative estimate of drug-likeness (QED) is 0.946. The summed E-state index contributed by atoms with van der Waals surface area (Å²) in [5.41, 5.74) is 3.09. The highest BCUT2D eigenvalue weighted by molar-refractivity contribution is 5.91. The molecule has 1 aromatic carbocycles. The van der Waals surface area contributed by atoms with Gasteiger partial charge >= 0.3 is 0 Å². The molecule has 0 saturated carbocycles. The van der Waals surface area contributed by atoms with Crippen molar-refractivity contribution < 1.29 is 9.59 Å². The molecule has 0 atom stereocenters. The lowest BCUT2D eigenvalue weighted by atomic mass is 10.1. The Hall–Kier alpha value is -2.30. The molecule has 0 unspecified atom stereocenters. The average molecular weight is 299 g/mol. The molecule has 22 heavy (non-hydrogen) atoms. The number of rotatable bonds is 3. The van der Waals surface area contributed by atoms with Crippen LogP contribution >= 0.6 is 0 Å². The zero-order chi connectivity index (χ0) is 15.7. The van der Waals surface area contributed by atoms with Crippen molar-refractivity contribution >= 4 is 22.7 Å². The van der Waals surface area contributed by atoms with Crippen molar-refractivity contribution in [1.29, 1.82) is 0 Å². The molecule has 1 aromatic heterocycles. The van der Waals surface area contributed by atoms with Crippen LogP contribution in [0.2, 0.25) is 0 Å². The van der Waals surface area contributed by atoms with Crippen LogP contribution in [-0.4, -0.2) is 39.9 Å². The number of nitrogens with one attached hydrogen (secondary N) is 1. The first-order chi connectivity index (χ1) is 10.6. The fourth-order valence-corrected chi connectivity index (χ4v) is 3.12. The molecule has 2 heterocycles. The number of benzene rings is 1. The topological polar surface area (TPSA) is 56.4 Å². The average Bonchev–Trinajstić information content (AvgIpc) is 3.12. The number of fused-ring (bicyclic) bond motifs is 1. The minimum atomic E-state index is -0.00727. The standard InChI is InChI=1S/C17H21N3O2/c1-3-16(21)19-9-6-10-20(19)17(22)11-14-12(2)18-15-8-5-4-7-13(14)15/h4-5,7-8,18H,3,6,9-11H2,1-2H3. The lowest BCUT2D eigenvalue weighted by molar-refractivity contribution is -0.157. The summed E-state index contributed by atoms with van der Waals surface area (Å²) in [6.07, 6.45) is 1.60. The summed E-state index contributed by atoms with van der Waals surface area (Å²) in [7, 11) is 0. The Balaban J connectivity index is 1.84. The van der Waals surface area contributed by atoms with E-state index >= 15 is 0 Å². The molecule has 0 radical (unpaired) electrons. The number of H-pyrrole nitrogens is 1. The second-order valence-electron chi connectivity index (χ2n) is 5.69. The largest absolute Gasteiger partial charge is 0.358 e. The van der Waals surface area contributed by atoms with E-state index in [1.54, 1.807) is 10.0 Å². The summed E-state index contributed by atoms with van der Waals surface area (Å²) in [6.45, 7) is 5.09. The second kappa shape index (κ2) is 5.83. The third-order valence-electron chi connectivity index (χ3n) is 4.26. The Morgan fingerprint density at radius 3 is 2.55 bits per heavy atom. The molecule has 5 nitrogen and oxygen atoms in total. The Morgan fingerprint density at radius 1 is 1.14 bits per heavy atom. The van der Waals surface area contributed by atoms with Crippen molar-refractivity contribution in [3.63, 3.8) is 0 Å². The van der Waals surface area contributed by atoms with Gasteiger partial charge in [0.1, 0.15) is 0 Å². The van der Waals surface area contributed by atoms with E-state index in [1.807, 2.05) is 38.1 Å². The van der Waals surface area contributed by atoms with Gasteiger partial charge < -0.3 is 4.98 Å². The number of amides is 2. The van der Waals surface area contributed by atoms with Gasteiger partial charge in [-0.05, 0) is 25.0 Å². The van der Waals surface area contributed by atoms with Crippen LogP contribution < -0.4 is 0 Å². The monoisotopic (exact) mass is 299 g/mol. The first-order valence-electron chi connectivity index (χ1n) is 7.78. The molecule has 116 valence electrons. The normalized spacial score (nSPS) is 14.8. The minimum absolute atomic E-state index is 0.00727. The summed E-state index contributed by atoms with van der Waals surface area (Å²) in [5, 5.41) is 4.31. The van der Waals surface area contributed by atoms with Crippen LogP contribution in [0.25, 0.3) is 10.9 Å². The fourth-order valence-electron chi connectivity index (χ4n) is 3.12. The molecule has 1 aliphatic rings. The van der Waals surface area contributed by atoms with Crippen LogP contribution in [0.1, 0.15) is 31.0 Å². The number of aromatic nitrogens is 1. The van der Waals surface area contributed by atoms with Gasteiger partial charge in [-0.3, -0.25) is 19.6 Å². The number of hydrazine groups is 1. The molecule has 0 spiro atoms. The van der Waals surface area contributed by atoms with Crippen LogP contribution in [0.3, 0.4) is 0 Å². The third kappa shape index (κ3) is 2.47. The van der Waals surface area contributed by atoms with Crippen molar-refractivity contribution in [3.05, 3.63) is 35.5 Å². The van der Waals surface area contributed by atoms with Crippen molar-refractivity contribution in [1.82, 2.24) is 15.0 Å². The highest BCUT2D eigenvalue weighted by Crippen LogP contribution is 2.24. The van der Waals surface area contributed by atoms with Gasteiger partial charge in [0.05, 0.1) is 6.42 Å². The van der Waals surface area contributed by atoms with Crippen LogP contribution in [0.4, 0.5) is 0 Å². The third-order valence-corrected chi connectivity index (χ3v) is 4.26. The Kier molecular flexibility index (Phi) is 3.88. The van der Waals surface area contributed by atoms with Crippen LogP contribution in [0, 0.1) is 6.92 Å². The number of para-hydroxylation sites is 1. The van der Waals surface area contributed by atoms with E-state index in [2.05, 4.69) is 4.98 Å². The predicted molar refractivity (Wildman–Crippen MR) is 85.1 cm³/mol. The first-order valence-corrected chi connectivity index (χ1v) is 7.78. The second-order valence-corrected chi connectivity index (χ2v) is 5.69. The minimum Gasteiger partial charge on any atom is -0.358 e. The Morgan fingerprint density at radius 2 is 1.82 bits per heavy atom. The number of aromatic amines is 1. The van der Waals surface area contributed by atoms with Crippen molar-refractivity contribution in [2.45, 2.75) is 33.1 Å². The molecule has 2 amide bonds. The molecular weight excluding hydrogens is 278 g/mol. The number of nitrogens with zero attached hydrogens (tertiary/aromatic N) is 2. The van der Waals surface area contributed by atoms with Crippen molar-refractivity contribution in [2.75, 3.05) is 13.1 Å². The number of carbonyl (C=O) groups is 2. The molecule has 1 aliphatic heterocycles. The van der Waals surface area contributed by atoms with Gasteiger partial charge in [-0.15, -0.1) is 0 Å². The Labute approximate surface area is 129 Å². The van der Waals surface area contributed by atoms with Gasteiger partial charge in [-0.2, -0.15) is 0 Å². The van der Waals surface area contributed by atoms with E-state index in [0.29, 0.717) is 25.9 Å². The van der Waals surface area contributed by atoms with Crippen molar-refractivity contribution in [3.8, 4) is 0 Å². The fraction of sp³-hybridized carbons (Fsp3) is 0.412. The van der Waals surface area contributed by atoms with Crippen molar-refractivity contribution in [2.24, 2.45) is 0 Å². The summed E-state index contributed by atoms with van der Waals surface area (Å²) in [5.74, 6) is 0.00801. The van der Waals surface area contributed by atoms with Gasteiger partial charge in [0.15, 0.2) is 0 Å². The van der Waals surface area contributed by atoms with Gasteiger partial charge in [-0.25, -0.2) is 0 Å². The van der Waals surface area contributed by atoms with Gasteiger partial charge in [0.25, 0.3) is 0 Å². The SMILES string of the molecule is CCC(=O)N1CCCN1C(=O)Cc1c(C)[nH]c2ccccc12. The molecule has 5 heteroatoms. The predicted octanol–water partition coefficient (Wildman–Crippen LogP) is 2.40. The molecule has 1 N–H and O–H groups in total.